The number of hydrogen-bond donors (Lipinski definition) is 1. The van der Waals surface area contributed by atoms with Gasteiger partial charge in [-0.2, -0.15) is 0 Å². The van der Waals surface area contributed by atoms with Gasteiger partial charge in [-0.05, 0) is 39.8 Å². The lowest BCUT2D eigenvalue weighted by atomic mass is 10.5. The maximum Gasteiger partial charge on any atom is 0.201 e. The number of nitrogens with one attached hydrogen (secondary N) is 1. The molecule has 8 heteroatoms. The van der Waals surface area contributed by atoms with Gasteiger partial charge < -0.3 is 5.32 Å². The maximum absolute atomic E-state index is 4.25. The minimum Gasteiger partial charge on any atom is -0.372 e. The number of pyridine rings is 1. The molecule has 0 unspecified atom stereocenters. The van der Waals surface area contributed by atoms with Crippen LogP contribution < -0.4 is 5.32 Å². The minimum atomic E-state index is 0.742. The Hall–Kier alpha value is -1.67. The van der Waals surface area contributed by atoms with Crippen molar-refractivity contribution in [1.29, 1.82) is 0 Å². The third kappa shape index (κ3) is 2.28. The van der Waals surface area contributed by atoms with Gasteiger partial charge in [-0.1, -0.05) is 6.07 Å². The summed E-state index contributed by atoms with van der Waals surface area (Å²) in [5.41, 5.74) is 0.809. The van der Waals surface area contributed by atoms with E-state index in [0.29, 0.717) is 0 Å². The third-order valence-corrected chi connectivity index (χ3v) is 4.44. The topological polar surface area (TPSA) is 68.0 Å². The summed E-state index contributed by atoms with van der Waals surface area (Å²) in [6.45, 7) is 0. The van der Waals surface area contributed by atoms with Crippen molar-refractivity contribution in [2.45, 2.75) is 10.2 Å². The van der Waals surface area contributed by atoms with Gasteiger partial charge in [-0.15, -0.1) is 10.2 Å². The van der Waals surface area contributed by atoms with E-state index in [0.717, 1.165) is 26.1 Å². The monoisotopic (exact) mass is 336 g/mol. The van der Waals surface area contributed by atoms with Crippen molar-refractivity contribution in [3.63, 3.8) is 0 Å². The number of rotatable bonds is 3. The van der Waals surface area contributed by atoms with Crippen LogP contribution in [0.3, 0.4) is 0 Å². The second-order valence-corrected chi connectivity index (χ2v) is 5.35. The van der Waals surface area contributed by atoms with Crippen LogP contribution >= 0.6 is 27.7 Å². The minimum absolute atomic E-state index is 0.742. The second-order valence-electron chi connectivity index (χ2n) is 3.60. The van der Waals surface area contributed by atoms with Gasteiger partial charge in [0.1, 0.15) is 17.2 Å². The SMILES string of the molecule is CNc1ncnc(Sc2nnc3ccccn23)c1Br. The van der Waals surface area contributed by atoms with Crippen LogP contribution in [0, 0.1) is 0 Å². The molecule has 3 heterocycles. The van der Waals surface area contributed by atoms with Crippen molar-refractivity contribution >= 4 is 39.2 Å². The standard InChI is InChI=1S/C11H9BrN6S/c1-13-9-8(12)10(15-6-14-9)19-11-17-16-7-4-2-3-5-18(7)11/h2-6H,1H3,(H,13,14,15). The van der Waals surface area contributed by atoms with Crippen LogP contribution in [-0.4, -0.2) is 31.6 Å². The van der Waals surface area contributed by atoms with E-state index in [1.165, 1.54) is 18.1 Å². The fraction of sp³-hybridized carbons (Fsp3) is 0.0909. The highest BCUT2D eigenvalue weighted by Gasteiger charge is 2.13. The third-order valence-electron chi connectivity index (χ3n) is 2.46. The highest BCUT2D eigenvalue weighted by atomic mass is 79.9. The van der Waals surface area contributed by atoms with E-state index in [4.69, 9.17) is 0 Å². The molecule has 0 spiro atoms. The van der Waals surface area contributed by atoms with E-state index < -0.39 is 0 Å². The lowest BCUT2D eigenvalue weighted by Crippen LogP contribution is -1.96. The van der Waals surface area contributed by atoms with Crippen molar-refractivity contribution in [2.24, 2.45) is 0 Å². The van der Waals surface area contributed by atoms with E-state index >= 15 is 0 Å². The molecule has 96 valence electrons. The molecule has 6 nitrogen and oxygen atoms in total. The van der Waals surface area contributed by atoms with Crippen LogP contribution in [0.15, 0.2) is 45.4 Å². The van der Waals surface area contributed by atoms with E-state index in [1.807, 2.05) is 35.8 Å². The first kappa shape index (κ1) is 12.4. The van der Waals surface area contributed by atoms with Crippen LogP contribution in [0.2, 0.25) is 0 Å². The van der Waals surface area contributed by atoms with Gasteiger partial charge in [0.25, 0.3) is 0 Å². The molecule has 0 aliphatic rings. The largest absolute Gasteiger partial charge is 0.372 e. The van der Waals surface area contributed by atoms with Gasteiger partial charge in [0.2, 0.25) is 5.16 Å². The van der Waals surface area contributed by atoms with E-state index in [9.17, 15) is 0 Å². The summed E-state index contributed by atoms with van der Waals surface area (Å²) < 4.78 is 2.73. The molecule has 0 atom stereocenters. The van der Waals surface area contributed by atoms with Crippen LogP contribution in [0.5, 0.6) is 0 Å². The molecule has 19 heavy (non-hydrogen) atoms. The molecule has 0 aliphatic carbocycles. The van der Waals surface area contributed by atoms with Crippen molar-refractivity contribution < 1.29 is 0 Å². The summed E-state index contributed by atoms with van der Waals surface area (Å²) in [6, 6.07) is 5.78. The molecule has 0 saturated heterocycles. The lowest BCUT2D eigenvalue weighted by molar-refractivity contribution is 0.913. The van der Waals surface area contributed by atoms with E-state index in [1.54, 1.807) is 0 Å². The Bertz CT molecular complexity index is 728. The quantitative estimate of drug-likeness (QED) is 0.741. The Kier molecular flexibility index (Phi) is 3.34. The van der Waals surface area contributed by atoms with E-state index in [-0.39, 0.29) is 0 Å². The summed E-state index contributed by atoms with van der Waals surface area (Å²) in [6.07, 6.45) is 3.44. The first-order valence-corrected chi connectivity index (χ1v) is 7.06. The zero-order valence-corrected chi connectivity index (χ0v) is 12.3. The smallest absolute Gasteiger partial charge is 0.201 e. The lowest BCUT2D eigenvalue weighted by Gasteiger charge is -2.05. The zero-order valence-electron chi connectivity index (χ0n) is 9.91. The van der Waals surface area contributed by atoms with Gasteiger partial charge in [-0.25, -0.2) is 9.97 Å². The summed E-state index contributed by atoms with van der Waals surface area (Å²) in [5.74, 6) is 0.742. The molecular weight excluding hydrogens is 328 g/mol. The highest BCUT2D eigenvalue weighted by molar-refractivity contribution is 9.10. The molecule has 0 aliphatic heterocycles. The molecule has 0 amide bonds. The predicted octanol–water partition coefficient (Wildman–Crippen LogP) is 2.47. The Balaban J connectivity index is 2.02. The molecule has 0 radical (unpaired) electrons. The summed E-state index contributed by atoms with van der Waals surface area (Å²) in [4.78, 5) is 8.38. The van der Waals surface area contributed by atoms with Gasteiger partial charge >= 0.3 is 0 Å². The van der Waals surface area contributed by atoms with Gasteiger partial charge in [0, 0.05) is 13.2 Å². The summed E-state index contributed by atoms with van der Waals surface area (Å²) in [5, 5.41) is 12.8. The number of hydrogen-bond acceptors (Lipinski definition) is 6. The first-order valence-electron chi connectivity index (χ1n) is 5.45. The normalized spacial score (nSPS) is 10.8. The number of halogens is 1. The van der Waals surface area contributed by atoms with Crippen LogP contribution in [0.4, 0.5) is 5.82 Å². The predicted molar refractivity (Wildman–Crippen MR) is 76.4 cm³/mol. The van der Waals surface area contributed by atoms with Crippen molar-refractivity contribution in [3.05, 3.63) is 35.2 Å². The maximum atomic E-state index is 4.25. The second kappa shape index (κ2) is 5.14. The van der Waals surface area contributed by atoms with E-state index in [2.05, 4.69) is 41.4 Å². The fourth-order valence-corrected chi connectivity index (χ4v) is 3.01. The fourth-order valence-electron chi connectivity index (χ4n) is 1.57. The highest BCUT2D eigenvalue weighted by Crippen LogP contribution is 2.33. The van der Waals surface area contributed by atoms with Crippen LogP contribution in [0.25, 0.3) is 5.65 Å². The Morgan fingerprint density at radius 2 is 2.16 bits per heavy atom. The zero-order chi connectivity index (χ0) is 13.2. The molecule has 0 fully saturated rings. The number of fused-ring (bicyclic) bond motifs is 1. The van der Waals surface area contributed by atoms with Crippen LogP contribution in [0.1, 0.15) is 0 Å². The number of aromatic nitrogens is 5. The Labute approximate surface area is 121 Å². The molecule has 0 saturated carbocycles. The van der Waals surface area contributed by atoms with Gasteiger partial charge in [-0.3, -0.25) is 4.40 Å². The molecule has 3 aromatic rings. The summed E-state index contributed by atoms with van der Waals surface area (Å²) >= 11 is 4.92. The molecule has 3 rings (SSSR count). The van der Waals surface area contributed by atoms with Crippen molar-refractivity contribution in [2.75, 3.05) is 12.4 Å². The van der Waals surface area contributed by atoms with Crippen molar-refractivity contribution in [3.8, 4) is 0 Å². The average Bonchev–Trinajstić information content (AvgIpc) is 2.85. The number of anilines is 1. The summed E-state index contributed by atoms with van der Waals surface area (Å²) in [7, 11) is 1.81. The van der Waals surface area contributed by atoms with Crippen LogP contribution in [-0.2, 0) is 0 Å². The molecule has 3 aromatic heterocycles. The average molecular weight is 337 g/mol. The molecule has 0 aromatic carbocycles. The van der Waals surface area contributed by atoms with Gasteiger partial charge in [0.05, 0.1) is 4.47 Å². The number of nitrogens with zero attached hydrogens (tertiary/aromatic N) is 5. The molecule has 1 N–H and O–H groups in total. The Morgan fingerprint density at radius 3 is 3.00 bits per heavy atom. The van der Waals surface area contributed by atoms with Gasteiger partial charge in [0.15, 0.2) is 5.65 Å². The Morgan fingerprint density at radius 1 is 1.26 bits per heavy atom. The molecular formula is C11H9BrN6S. The molecule has 0 bridgehead atoms. The first-order chi connectivity index (χ1) is 9.29. The van der Waals surface area contributed by atoms with Crippen molar-refractivity contribution in [1.82, 2.24) is 24.6 Å².